The number of hydrogen-bond donors (Lipinski definition) is 1. The average Bonchev–Trinajstić information content (AvgIpc) is 3.16. The van der Waals surface area contributed by atoms with Crippen LogP contribution in [-0.4, -0.2) is 70.0 Å². The van der Waals surface area contributed by atoms with Crippen molar-refractivity contribution in [3.8, 4) is 0 Å². The molecule has 10 heteroatoms. The van der Waals surface area contributed by atoms with Crippen molar-refractivity contribution < 1.29 is 13.2 Å². The molecule has 0 radical (unpaired) electrons. The second-order valence-electron chi connectivity index (χ2n) is 5.90. The molecule has 1 atom stereocenters. The number of amides is 1. The van der Waals surface area contributed by atoms with Crippen molar-refractivity contribution in [2.24, 2.45) is 5.92 Å². The molecule has 1 N–H and O–H groups in total. The highest BCUT2D eigenvalue weighted by molar-refractivity contribution is 7.88. The van der Waals surface area contributed by atoms with Gasteiger partial charge in [0.25, 0.3) is 0 Å². The predicted octanol–water partition coefficient (Wildman–Crippen LogP) is -0.465. The summed E-state index contributed by atoms with van der Waals surface area (Å²) in [5, 5.41) is 14.0. The monoisotopic (exact) mass is 328 g/mol. The van der Waals surface area contributed by atoms with Gasteiger partial charge >= 0.3 is 0 Å². The van der Waals surface area contributed by atoms with Crippen LogP contribution in [0.1, 0.15) is 37.5 Å². The SMILES string of the molecule is CS(=O)(=O)N1CCC(C(=O)N2CCCC2c2nn[nH]n2)CC1. The van der Waals surface area contributed by atoms with Crippen molar-refractivity contribution in [1.82, 2.24) is 29.8 Å². The van der Waals surface area contributed by atoms with Gasteiger partial charge in [0.1, 0.15) is 0 Å². The van der Waals surface area contributed by atoms with Gasteiger partial charge in [0.15, 0.2) is 5.82 Å². The van der Waals surface area contributed by atoms with Gasteiger partial charge in [0.2, 0.25) is 15.9 Å². The topological polar surface area (TPSA) is 112 Å². The fourth-order valence-corrected chi connectivity index (χ4v) is 4.15. The van der Waals surface area contributed by atoms with E-state index in [1.54, 1.807) is 0 Å². The van der Waals surface area contributed by atoms with E-state index in [4.69, 9.17) is 0 Å². The molecule has 0 aromatic carbocycles. The van der Waals surface area contributed by atoms with Crippen LogP contribution in [0.5, 0.6) is 0 Å². The Bertz CT molecular complexity index is 623. The fraction of sp³-hybridized carbons (Fsp3) is 0.833. The number of aromatic amines is 1. The Balaban J connectivity index is 1.65. The fourth-order valence-electron chi connectivity index (χ4n) is 3.28. The van der Waals surface area contributed by atoms with Crippen LogP contribution < -0.4 is 0 Å². The Morgan fingerprint density at radius 3 is 2.55 bits per heavy atom. The molecule has 2 aliphatic heterocycles. The summed E-state index contributed by atoms with van der Waals surface area (Å²) in [6, 6.07) is -0.112. The number of hydrogen-bond acceptors (Lipinski definition) is 6. The van der Waals surface area contributed by atoms with Crippen LogP contribution in [0, 0.1) is 5.92 Å². The molecule has 1 amide bonds. The zero-order valence-electron chi connectivity index (χ0n) is 12.5. The maximum Gasteiger partial charge on any atom is 0.226 e. The first-order chi connectivity index (χ1) is 10.5. The number of likely N-dealkylation sites (tertiary alicyclic amines) is 1. The lowest BCUT2D eigenvalue weighted by atomic mass is 9.96. The highest BCUT2D eigenvalue weighted by atomic mass is 32.2. The molecular formula is C12H20N6O3S. The smallest absolute Gasteiger partial charge is 0.226 e. The number of piperidine rings is 1. The summed E-state index contributed by atoms with van der Waals surface area (Å²) in [6.07, 6.45) is 4.12. The molecule has 0 aliphatic carbocycles. The third-order valence-corrected chi connectivity index (χ3v) is 5.77. The molecule has 1 aromatic rings. The zero-order chi connectivity index (χ0) is 15.7. The molecule has 2 aliphatic rings. The highest BCUT2D eigenvalue weighted by Crippen LogP contribution is 2.32. The van der Waals surface area contributed by atoms with Gasteiger partial charge in [-0.3, -0.25) is 4.79 Å². The Morgan fingerprint density at radius 1 is 1.23 bits per heavy atom. The molecule has 3 rings (SSSR count). The molecule has 2 fully saturated rings. The third-order valence-electron chi connectivity index (χ3n) is 4.47. The van der Waals surface area contributed by atoms with E-state index in [-0.39, 0.29) is 17.9 Å². The summed E-state index contributed by atoms with van der Waals surface area (Å²) in [5.74, 6) is 0.519. The van der Waals surface area contributed by atoms with Crippen LogP contribution in [0.15, 0.2) is 0 Å². The third kappa shape index (κ3) is 2.98. The van der Waals surface area contributed by atoms with Gasteiger partial charge < -0.3 is 4.90 Å². The van der Waals surface area contributed by atoms with E-state index in [9.17, 15) is 13.2 Å². The molecule has 2 saturated heterocycles. The lowest BCUT2D eigenvalue weighted by Gasteiger charge is -2.33. The summed E-state index contributed by atoms with van der Waals surface area (Å²) in [7, 11) is -3.16. The summed E-state index contributed by atoms with van der Waals surface area (Å²) < 4.78 is 24.5. The molecule has 0 bridgehead atoms. The summed E-state index contributed by atoms with van der Waals surface area (Å²) in [5.41, 5.74) is 0. The second-order valence-corrected chi connectivity index (χ2v) is 7.88. The van der Waals surface area contributed by atoms with Crippen molar-refractivity contribution in [2.75, 3.05) is 25.9 Å². The Labute approximate surface area is 129 Å². The molecule has 0 spiro atoms. The Morgan fingerprint density at radius 2 is 1.95 bits per heavy atom. The van der Waals surface area contributed by atoms with Crippen molar-refractivity contribution in [2.45, 2.75) is 31.7 Å². The number of sulfonamides is 1. The van der Waals surface area contributed by atoms with Crippen molar-refractivity contribution in [3.63, 3.8) is 0 Å². The number of aromatic nitrogens is 4. The van der Waals surface area contributed by atoms with Crippen LogP contribution in [0.25, 0.3) is 0 Å². The summed E-state index contributed by atoms with van der Waals surface area (Å²) >= 11 is 0. The van der Waals surface area contributed by atoms with E-state index < -0.39 is 10.0 Å². The minimum Gasteiger partial charge on any atom is -0.332 e. The van der Waals surface area contributed by atoms with Crippen LogP contribution in [0.4, 0.5) is 0 Å². The first kappa shape index (κ1) is 15.3. The minimum atomic E-state index is -3.16. The van der Waals surface area contributed by atoms with Gasteiger partial charge in [-0.15, -0.1) is 10.2 Å². The van der Waals surface area contributed by atoms with Gasteiger partial charge in [-0.1, -0.05) is 5.21 Å². The number of H-pyrrole nitrogens is 1. The highest BCUT2D eigenvalue weighted by Gasteiger charge is 2.38. The van der Waals surface area contributed by atoms with Crippen LogP contribution in [0.2, 0.25) is 0 Å². The van der Waals surface area contributed by atoms with E-state index in [2.05, 4.69) is 20.6 Å². The number of carbonyl (C=O) groups excluding carboxylic acids is 1. The van der Waals surface area contributed by atoms with Crippen LogP contribution in [0.3, 0.4) is 0 Å². The van der Waals surface area contributed by atoms with E-state index in [0.717, 1.165) is 12.8 Å². The molecular weight excluding hydrogens is 308 g/mol. The maximum atomic E-state index is 12.7. The standard InChI is InChI=1S/C12H20N6O3S/c1-22(20,21)17-7-4-9(5-8-17)12(19)18-6-2-3-10(18)11-13-15-16-14-11/h9-10H,2-8H2,1H3,(H,13,14,15,16). The van der Waals surface area contributed by atoms with Gasteiger partial charge in [-0.05, 0) is 25.7 Å². The molecule has 1 unspecified atom stereocenters. The van der Waals surface area contributed by atoms with Crippen molar-refractivity contribution in [1.29, 1.82) is 0 Å². The van der Waals surface area contributed by atoms with Gasteiger partial charge in [-0.2, -0.15) is 5.21 Å². The number of tetrazole rings is 1. The quantitative estimate of drug-likeness (QED) is 0.803. The number of carbonyl (C=O) groups is 1. The minimum absolute atomic E-state index is 0.0838. The molecule has 0 saturated carbocycles. The van der Waals surface area contributed by atoms with Crippen molar-refractivity contribution >= 4 is 15.9 Å². The van der Waals surface area contributed by atoms with Gasteiger partial charge in [-0.25, -0.2) is 12.7 Å². The number of rotatable bonds is 3. The Hall–Kier alpha value is -1.55. The van der Waals surface area contributed by atoms with E-state index >= 15 is 0 Å². The van der Waals surface area contributed by atoms with E-state index in [1.807, 2.05) is 4.90 Å². The van der Waals surface area contributed by atoms with Gasteiger partial charge in [0, 0.05) is 25.6 Å². The van der Waals surface area contributed by atoms with Crippen molar-refractivity contribution in [3.05, 3.63) is 5.82 Å². The molecule has 122 valence electrons. The molecule has 3 heterocycles. The van der Waals surface area contributed by atoms with Crippen LogP contribution in [-0.2, 0) is 14.8 Å². The number of nitrogens with one attached hydrogen (secondary N) is 1. The van der Waals surface area contributed by atoms with E-state index in [1.165, 1.54) is 10.6 Å². The van der Waals surface area contributed by atoms with Gasteiger partial charge in [0.05, 0.1) is 12.3 Å². The largest absolute Gasteiger partial charge is 0.332 e. The average molecular weight is 328 g/mol. The van der Waals surface area contributed by atoms with E-state index in [0.29, 0.717) is 38.3 Å². The second kappa shape index (κ2) is 5.92. The Kier molecular flexibility index (Phi) is 4.13. The number of nitrogens with zero attached hydrogens (tertiary/aromatic N) is 5. The molecule has 22 heavy (non-hydrogen) atoms. The zero-order valence-corrected chi connectivity index (χ0v) is 13.3. The normalized spacial score (nSPS) is 24.8. The predicted molar refractivity (Wildman–Crippen MR) is 77.0 cm³/mol. The first-order valence-electron chi connectivity index (χ1n) is 7.46. The molecule has 1 aromatic heterocycles. The van der Waals surface area contributed by atoms with Crippen LogP contribution >= 0.6 is 0 Å². The molecule has 9 nitrogen and oxygen atoms in total. The lowest BCUT2D eigenvalue weighted by Crippen LogP contribution is -2.44. The summed E-state index contributed by atoms with van der Waals surface area (Å²) in [4.78, 5) is 14.6. The maximum absolute atomic E-state index is 12.7. The summed E-state index contributed by atoms with van der Waals surface area (Å²) in [6.45, 7) is 1.52. The lowest BCUT2D eigenvalue weighted by molar-refractivity contribution is -0.137. The first-order valence-corrected chi connectivity index (χ1v) is 9.30.